The summed E-state index contributed by atoms with van der Waals surface area (Å²) >= 11 is 0. The Morgan fingerprint density at radius 2 is 2.07 bits per heavy atom. The number of aromatic nitrogens is 2. The number of fused-ring (bicyclic) bond motifs is 5. The van der Waals surface area contributed by atoms with Crippen LogP contribution in [0.1, 0.15) is 56.5 Å². The van der Waals surface area contributed by atoms with E-state index in [9.17, 15) is 0 Å². The molecule has 0 unspecified atom stereocenters. The maximum atomic E-state index is 4.52. The summed E-state index contributed by atoms with van der Waals surface area (Å²) in [4.78, 5) is 0. The quantitative estimate of drug-likeness (QED) is 0.669. The second kappa shape index (κ2) is 2.07. The molecule has 0 saturated heterocycles. The Bertz CT molecular complexity index is 402. The lowest BCUT2D eigenvalue weighted by molar-refractivity contribution is 0.225. The van der Waals surface area contributed by atoms with Gasteiger partial charge in [0.15, 0.2) is 0 Å². The van der Waals surface area contributed by atoms with Crippen LogP contribution in [0.15, 0.2) is 0 Å². The van der Waals surface area contributed by atoms with Gasteiger partial charge in [0.05, 0.1) is 5.69 Å². The maximum Gasteiger partial charge on any atom is 0.0724 e. The number of hydrogen-bond donors (Lipinski definition) is 1. The third kappa shape index (κ3) is 0.626. The molecule has 2 atom stereocenters. The monoisotopic (exact) mass is 190 g/mol. The molecule has 1 aromatic heterocycles. The van der Waals surface area contributed by atoms with Crippen molar-refractivity contribution in [1.29, 1.82) is 0 Å². The number of rotatable bonds is 0. The van der Waals surface area contributed by atoms with E-state index in [0.29, 0.717) is 10.8 Å². The minimum Gasteiger partial charge on any atom is -0.282 e. The summed E-state index contributed by atoms with van der Waals surface area (Å²) < 4.78 is 0. The fraction of sp³-hybridized carbons (Fsp3) is 0.750. The average molecular weight is 190 g/mol. The smallest absolute Gasteiger partial charge is 0.0724 e. The van der Waals surface area contributed by atoms with Crippen molar-refractivity contribution in [3.05, 3.63) is 17.0 Å². The van der Waals surface area contributed by atoms with Crippen molar-refractivity contribution in [1.82, 2.24) is 10.2 Å². The molecule has 2 nitrogen and oxygen atoms in total. The van der Waals surface area contributed by atoms with Gasteiger partial charge in [0, 0.05) is 16.7 Å². The van der Waals surface area contributed by atoms with Crippen molar-refractivity contribution in [2.75, 3.05) is 0 Å². The van der Waals surface area contributed by atoms with Crippen LogP contribution in [-0.2, 0) is 5.41 Å². The molecule has 2 aliphatic rings. The van der Waals surface area contributed by atoms with E-state index in [4.69, 9.17) is 0 Å². The first kappa shape index (κ1) is 8.51. The second-order valence-electron chi connectivity index (χ2n) is 5.76. The molecular weight excluding hydrogens is 172 g/mol. The molecule has 2 heteroatoms. The van der Waals surface area contributed by atoms with E-state index in [1.807, 2.05) is 0 Å². The third-order valence-corrected chi connectivity index (χ3v) is 5.09. The van der Waals surface area contributed by atoms with Gasteiger partial charge in [-0.1, -0.05) is 20.8 Å². The van der Waals surface area contributed by atoms with E-state index >= 15 is 0 Å². The molecule has 0 amide bonds. The Labute approximate surface area is 85.1 Å². The van der Waals surface area contributed by atoms with Gasteiger partial charge in [-0.3, -0.25) is 5.10 Å². The first-order chi connectivity index (χ1) is 6.48. The van der Waals surface area contributed by atoms with Gasteiger partial charge in [0.25, 0.3) is 0 Å². The number of aryl methyl sites for hydroxylation is 1. The number of aromatic amines is 1. The van der Waals surface area contributed by atoms with Gasteiger partial charge in [0.2, 0.25) is 0 Å². The molecular formula is C12H18N2. The third-order valence-electron chi connectivity index (χ3n) is 5.09. The van der Waals surface area contributed by atoms with E-state index in [2.05, 4.69) is 37.9 Å². The molecule has 1 saturated carbocycles. The van der Waals surface area contributed by atoms with E-state index in [0.717, 1.165) is 5.92 Å². The van der Waals surface area contributed by atoms with Crippen LogP contribution < -0.4 is 0 Å². The van der Waals surface area contributed by atoms with Crippen molar-refractivity contribution in [2.24, 2.45) is 5.41 Å². The van der Waals surface area contributed by atoms with Crippen LogP contribution >= 0.6 is 0 Å². The summed E-state index contributed by atoms with van der Waals surface area (Å²) in [5.41, 5.74) is 4.91. The van der Waals surface area contributed by atoms with E-state index in [-0.39, 0.29) is 0 Å². The molecule has 0 aliphatic heterocycles. The lowest BCUT2D eigenvalue weighted by Crippen LogP contribution is -2.32. The van der Waals surface area contributed by atoms with Gasteiger partial charge < -0.3 is 0 Å². The molecule has 1 heterocycles. The second-order valence-corrected chi connectivity index (χ2v) is 5.76. The molecule has 1 aromatic rings. The normalized spacial score (nSPS) is 37.6. The van der Waals surface area contributed by atoms with Crippen molar-refractivity contribution in [2.45, 2.75) is 51.9 Å². The summed E-state index contributed by atoms with van der Waals surface area (Å²) in [5, 5.41) is 7.67. The zero-order valence-electron chi connectivity index (χ0n) is 9.44. The zero-order chi connectivity index (χ0) is 10.1. The molecule has 14 heavy (non-hydrogen) atoms. The van der Waals surface area contributed by atoms with Crippen LogP contribution in [0, 0.1) is 12.3 Å². The largest absolute Gasteiger partial charge is 0.282 e. The van der Waals surface area contributed by atoms with Crippen molar-refractivity contribution >= 4 is 0 Å². The highest BCUT2D eigenvalue weighted by Gasteiger charge is 2.61. The van der Waals surface area contributed by atoms with Gasteiger partial charge in [-0.25, -0.2) is 0 Å². The SMILES string of the molecule is Cc1[nH]nc2c1[C@@H]1CC[C@]2(C)C1(C)C. The summed E-state index contributed by atoms with van der Waals surface area (Å²) in [7, 11) is 0. The minimum absolute atomic E-state index is 0.317. The minimum atomic E-state index is 0.317. The highest BCUT2D eigenvalue weighted by atomic mass is 15.1. The van der Waals surface area contributed by atoms with Crippen molar-refractivity contribution < 1.29 is 0 Å². The fourth-order valence-electron chi connectivity index (χ4n) is 3.71. The Morgan fingerprint density at radius 1 is 1.36 bits per heavy atom. The predicted molar refractivity (Wildman–Crippen MR) is 56.4 cm³/mol. The average Bonchev–Trinajstić information content (AvgIpc) is 2.63. The number of hydrogen-bond acceptors (Lipinski definition) is 1. The molecule has 3 rings (SSSR count). The summed E-state index contributed by atoms with van der Waals surface area (Å²) in [6.07, 6.45) is 2.65. The van der Waals surface area contributed by atoms with Crippen LogP contribution in [0.5, 0.6) is 0 Å². The Kier molecular flexibility index (Phi) is 1.26. The highest BCUT2D eigenvalue weighted by Crippen LogP contribution is 2.67. The van der Waals surface area contributed by atoms with Crippen LogP contribution in [0.2, 0.25) is 0 Å². The fourth-order valence-corrected chi connectivity index (χ4v) is 3.71. The summed E-state index contributed by atoms with van der Waals surface area (Å²) in [6.45, 7) is 9.36. The zero-order valence-corrected chi connectivity index (χ0v) is 9.44. The molecule has 0 aromatic carbocycles. The standard InChI is InChI=1S/C12H18N2/c1-7-9-8-5-6-12(4,11(8,2)3)10(9)14-13-7/h8H,5-6H2,1-4H3,(H,13,14)/t8-,12-/m0/s1. The van der Waals surface area contributed by atoms with Crippen LogP contribution in [0.25, 0.3) is 0 Å². The van der Waals surface area contributed by atoms with Gasteiger partial charge in [-0.15, -0.1) is 0 Å². The van der Waals surface area contributed by atoms with Gasteiger partial charge >= 0.3 is 0 Å². The molecule has 2 aliphatic carbocycles. The van der Waals surface area contributed by atoms with E-state index in [1.165, 1.54) is 29.8 Å². The maximum absolute atomic E-state index is 4.52. The van der Waals surface area contributed by atoms with Gasteiger partial charge in [-0.05, 0) is 31.1 Å². The molecule has 1 fully saturated rings. The lowest BCUT2D eigenvalue weighted by Gasteiger charge is -2.34. The lowest BCUT2D eigenvalue weighted by atomic mass is 9.70. The number of nitrogens with zero attached hydrogens (tertiary/aromatic N) is 1. The number of nitrogens with one attached hydrogen (secondary N) is 1. The van der Waals surface area contributed by atoms with Crippen molar-refractivity contribution in [3.8, 4) is 0 Å². The Morgan fingerprint density at radius 3 is 2.71 bits per heavy atom. The summed E-state index contributed by atoms with van der Waals surface area (Å²) in [5.74, 6) is 0.737. The Balaban J connectivity index is 2.31. The van der Waals surface area contributed by atoms with Crippen LogP contribution in [0.3, 0.4) is 0 Å². The molecule has 2 bridgehead atoms. The van der Waals surface area contributed by atoms with Crippen LogP contribution in [-0.4, -0.2) is 10.2 Å². The Hall–Kier alpha value is -0.790. The first-order valence-electron chi connectivity index (χ1n) is 5.54. The predicted octanol–water partition coefficient (Wildman–Crippen LogP) is 2.89. The number of H-pyrrole nitrogens is 1. The van der Waals surface area contributed by atoms with Gasteiger partial charge in [-0.2, -0.15) is 5.10 Å². The first-order valence-corrected chi connectivity index (χ1v) is 5.54. The topological polar surface area (TPSA) is 28.7 Å². The van der Waals surface area contributed by atoms with Crippen molar-refractivity contribution in [3.63, 3.8) is 0 Å². The molecule has 76 valence electrons. The van der Waals surface area contributed by atoms with E-state index < -0.39 is 0 Å². The highest BCUT2D eigenvalue weighted by molar-refractivity contribution is 5.47. The summed E-state index contributed by atoms with van der Waals surface area (Å²) in [6, 6.07) is 0. The molecule has 0 radical (unpaired) electrons. The van der Waals surface area contributed by atoms with Crippen LogP contribution in [0.4, 0.5) is 0 Å². The van der Waals surface area contributed by atoms with E-state index in [1.54, 1.807) is 0 Å². The van der Waals surface area contributed by atoms with Gasteiger partial charge in [0.1, 0.15) is 0 Å². The molecule has 0 spiro atoms. The molecule has 1 N–H and O–H groups in total.